The fourth-order valence-electron chi connectivity index (χ4n) is 2.14. The molecule has 0 saturated heterocycles. The van der Waals surface area contributed by atoms with Crippen LogP contribution in [0.2, 0.25) is 0 Å². The summed E-state index contributed by atoms with van der Waals surface area (Å²) < 4.78 is 0. The highest BCUT2D eigenvalue weighted by molar-refractivity contribution is 5.95. The highest BCUT2D eigenvalue weighted by Gasteiger charge is 2.05. The number of hydrogen-bond donors (Lipinski definition) is 0. The number of hydrogen-bond acceptors (Lipinski definition) is 0. The highest BCUT2D eigenvalue weighted by atomic mass is 14.1. The van der Waals surface area contributed by atoms with Crippen LogP contribution in [0.3, 0.4) is 0 Å². The minimum Gasteiger partial charge on any atom is -0.0984 e. The molecule has 0 fully saturated rings. The van der Waals surface area contributed by atoms with Gasteiger partial charge in [0.15, 0.2) is 0 Å². The van der Waals surface area contributed by atoms with Crippen molar-refractivity contribution in [1.29, 1.82) is 0 Å². The Bertz CT molecular complexity index is 574. The lowest BCUT2D eigenvalue weighted by Gasteiger charge is -2.10. The Balaban J connectivity index is 0.000000550. The van der Waals surface area contributed by atoms with Gasteiger partial charge in [-0.3, -0.25) is 0 Å². The van der Waals surface area contributed by atoms with E-state index in [-0.39, 0.29) is 0 Å². The molecule has 0 nitrogen and oxygen atoms in total. The molecule has 0 radical (unpaired) electrons. The first-order valence-corrected chi connectivity index (χ1v) is 6.97. The minimum atomic E-state index is 1.23. The fourth-order valence-corrected chi connectivity index (χ4v) is 2.14. The second-order valence-corrected chi connectivity index (χ2v) is 4.65. The van der Waals surface area contributed by atoms with Crippen LogP contribution in [0.15, 0.2) is 43.0 Å². The van der Waals surface area contributed by atoms with Crippen LogP contribution in [-0.2, 0) is 0 Å². The molecule has 0 saturated carbocycles. The average molecular weight is 252 g/mol. The number of aryl methyl sites for hydroxylation is 1. The molecule has 0 unspecified atom stereocenters. The van der Waals surface area contributed by atoms with Gasteiger partial charge in [-0.05, 0) is 41.3 Å². The van der Waals surface area contributed by atoms with Crippen molar-refractivity contribution in [2.45, 2.75) is 34.1 Å². The molecule has 0 amide bonds. The lowest BCUT2D eigenvalue weighted by Crippen LogP contribution is -1.88. The van der Waals surface area contributed by atoms with Crippen molar-refractivity contribution in [3.63, 3.8) is 0 Å². The van der Waals surface area contributed by atoms with Gasteiger partial charge in [-0.25, -0.2) is 0 Å². The average Bonchev–Trinajstić information content (AvgIpc) is 2.41. The molecule has 0 spiro atoms. The molecular formula is C19H24. The van der Waals surface area contributed by atoms with Crippen molar-refractivity contribution in [2.24, 2.45) is 0 Å². The number of rotatable bonds is 2. The van der Waals surface area contributed by atoms with E-state index in [2.05, 4.69) is 69.8 Å². The maximum atomic E-state index is 3.93. The molecule has 19 heavy (non-hydrogen) atoms. The van der Waals surface area contributed by atoms with Crippen LogP contribution in [-0.4, -0.2) is 0 Å². The van der Waals surface area contributed by atoms with E-state index in [9.17, 15) is 0 Å². The number of benzene rings is 2. The summed E-state index contributed by atoms with van der Waals surface area (Å²) in [6.07, 6.45) is 7.42. The molecule has 0 bridgehead atoms. The Morgan fingerprint density at radius 1 is 1.11 bits per heavy atom. The van der Waals surface area contributed by atoms with Crippen LogP contribution >= 0.6 is 0 Å². The van der Waals surface area contributed by atoms with Crippen LogP contribution in [0.1, 0.15) is 43.9 Å². The first kappa shape index (κ1) is 15.2. The van der Waals surface area contributed by atoms with Crippen LogP contribution in [0, 0.1) is 6.92 Å². The molecule has 0 aliphatic heterocycles. The van der Waals surface area contributed by atoms with Gasteiger partial charge in [-0.1, -0.05) is 75.4 Å². The quantitative estimate of drug-likeness (QED) is 0.593. The second kappa shape index (κ2) is 7.58. The number of fused-ring (bicyclic) bond motifs is 1. The monoisotopic (exact) mass is 252 g/mol. The molecule has 0 atom stereocenters. The maximum absolute atomic E-state index is 3.93. The summed E-state index contributed by atoms with van der Waals surface area (Å²) in [4.78, 5) is 0. The van der Waals surface area contributed by atoms with E-state index >= 15 is 0 Å². The van der Waals surface area contributed by atoms with Gasteiger partial charge in [0.2, 0.25) is 0 Å². The Hall–Kier alpha value is -1.82. The standard InChI is InChI=1S/C16H16.C3H8/c1-4-8-15-12(3)11-13-9-6-7-10-16(13)14(15)5-2;1-3-2/h4-11H,2H2,1,3H3;3H2,1-2H3/b8-4-;. The Morgan fingerprint density at radius 3 is 2.32 bits per heavy atom. The first-order chi connectivity index (χ1) is 9.19. The lowest BCUT2D eigenvalue weighted by atomic mass is 9.94. The van der Waals surface area contributed by atoms with E-state index in [1.165, 1.54) is 33.9 Å². The van der Waals surface area contributed by atoms with E-state index in [0.717, 1.165) is 0 Å². The van der Waals surface area contributed by atoms with Crippen LogP contribution < -0.4 is 0 Å². The predicted octanol–water partition coefficient (Wildman–Crippen LogP) is 6.24. The van der Waals surface area contributed by atoms with Gasteiger partial charge in [0.05, 0.1) is 0 Å². The minimum absolute atomic E-state index is 1.23. The van der Waals surface area contributed by atoms with Crippen molar-refractivity contribution in [2.75, 3.05) is 0 Å². The van der Waals surface area contributed by atoms with Gasteiger partial charge in [0.25, 0.3) is 0 Å². The van der Waals surface area contributed by atoms with Crippen molar-refractivity contribution in [3.05, 3.63) is 59.7 Å². The van der Waals surface area contributed by atoms with Crippen LogP contribution in [0.4, 0.5) is 0 Å². The molecule has 2 aromatic carbocycles. The Morgan fingerprint density at radius 2 is 1.74 bits per heavy atom. The van der Waals surface area contributed by atoms with E-state index in [4.69, 9.17) is 0 Å². The van der Waals surface area contributed by atoms with Crippen molar-refractivity contribution >= 4 is 22.9 Å². The SMILES string of the molecule is C=Cc1c(/C=C\C)c(C)cc2ccccc12.CCC. The predicted molar refractivity (Wildman–Crippen MR) is 89.4 cm³/mol. The largest absolute Gasteiger partial charge is 0.0984 e. The van der Waals surface area contributed by atoms with Crippen LogP contribution in [0.25, 0.3) is 22.9 Å². The zero-order valence-electron chi connectivity index (χ0n) is 12.5. The van der Waals surface area contributed by atoms with Gasteiger partial charge >= 0.3 is 0 Å². The maximum Gasteiger partial charge on any atom is -0.0105 e. The molecule has 0 aromatic heterocycles. The third-order valence-corrected chi connectivity index (χ3v) is 2.88. The highest BCUT2D eigenvalue weighted by Crippen LogP contribution is 2.27. The van der Waals surface area contributed by atoms with E-state index in [1.807, 2.05) is 13.0 Å². The molecule has 0 N–H and O–H groups in total. The second-order valence-electron chi connectivity index (χ2n) is 4.65. The third kappa shape index (κ3) is 3.57. The van der Waals surface area contributed by atoms with Crippen molar-refractivity contribution < 1.29 is 0 Å². The summed E-state index contributed by atoms with van der Waals surface area (Å²) in [6, 6.07) is 10.7. The van der Waals surface area contributed by atoms with E-state index in [1.54, 1.807) is 0 Å². The van der Waals surface area contributed by atoms with Crippen LogP contribution in [0.5, 0.6) is 0 Å². The molecule has 0 aliphatic carbocycles. The van der Waals surface area contributed by atoms with Gasteiger partial charge in [0, 0.05) is 0 Å². The normalized spacial score (nSPS) is 10.3. The molecule has 2 aromatic rings. The fraction of sp³-hybridized carbons (Fsp3) is 0.263. The Kier molecular flexibility index (Phi) is 6.08. The molecule has 0 heteroatoms. The van der Waals surface area contributed by atoms with Gasteiger partial charge < -0.3 is 0 Å². The Labute approximate surface area is 117 Å². The molecular weight excluding hydrogens is 228 g/mol. The number of allylic oxidation sites excluding steroid dienone is 1. The van der Waals surface area contributed by atoms with Crippen molar-refractivity contribution in [3.8, 4) is 0 Å². The zero-order chi connectivity index (χ0) is 14.3. The van der Waals surface area contributed by atoms with Gasteiger partial charge in [-0.15, -0.1) is 0 Å². The zero-order valence-corrected chi connectivity index (χ0v) is 12.5. The lowest BCUT2D eigenvalue weighted by molar-refractivity contribution is 1.09. The first-order valence-electron chi connectivity index (χ1n) is 6.97. The molecule has 0 aliphatic rings. The van der Waals surface area contributed by atoms with Gasteiger partial charge in [0.1, 0.15) is 0 Å². The van der Waals surface area contributed by atoms with Gasteiger partial charge in [-0.2, -0.15) is 0 Å². The summed E-state index contributed by atoms with van der Waals surface area (Å²) in [5, 5.41) is 2.55. The molecule has 100 valence electrons. The van der Waals surface area contributed by atoms with E-state index in [0.29, 0.717) is 0 Å². The summed E-state index contributed by atoms with van der Waals surface area (Å²) >= 11 is 0. The molecule has 0 heterocycles. The topological polar surface area (TPSA) is 0 Å². The van der Waals surface area contributed by atoms with E-state index < -0.39 is 0 Å². The van der Waals surface area contributed by atoms with Crippen molar-refractivity contribution in [1.82, 2.24) is 0 Å². The molecule has 2 rings (SSSR count). The summed E-state index contributed by atoms with van der Waals surface area (Å²) in [6.45, 7) is 12.4. The summed E-state index contributed by atoms with van der Waals surface area (Å²) in [7, 11) is 0. The summed E-state index contributed by atoms with van der Waals surface area (Å²) in [5.41, 5.74) is 3.80. The smallest absolute Gasteiger partial charge is 0.0105 e. The third-order valence-electron chi connectivity index (χ3n) is 2.88. The summed E-state index contributed by atoms with van der Waals surface area (Å²) in [5.74, 6) is 0.